The summed E-state index contributed by atoms with van der Waals surface area (Å²) in [6.45, 7) is 0.498. The molecule has 0 spiro atoms. The molecular weight excluding hydrogens is 284 g/mol. The molecule has 1 aromatic heterocycles. The Hall–Kier alpha value is -0.780. The molecule has 1 aliphatic heterocycles. The van der Waals surface area contributed by atoms with Crippen molar-refractivity contribution < 1.29 is 9.90 Å². The molecule has 0 atom stereocenters. The Morgan fingerprint density at radius 3 is 2.84 bits per heavy atom. The van der Waals surface area contributed by atoms with E-state index < -0.39 is 5.60 Å². The first-order valence-corrected chi connectivity index (χ1v) is 7.82. The smallest absolute Gasteiger partial charge is 0.252 e. The van der Waals surface area contributed by atoms with Crippen LogP contribution in [0.1, 0.15) is 18.4 Å². The third-order valence-corrected chi connectivity index (χ3v) is 4.44. The van der Waals surface area contributed by atoms with Crippen molar-refractivity contribution in [1.82, 2.24) is 10.3 Å². The largest absolute Gasteiger partial charge is 0.380 e. The van der Waals surface area contributed by atoms with Gasteiger partial charge in [-0.05, 0) is 42.4 Å². The van der Waals surface area contributed by atoms with Gasteiger partial charge in [-0.15, -0.1) is 0 Å². The first kappa shape index (κ1) is 14.6. The van der Waals surface area contributed by atoms with Gasteiger partial charge >= 0.3 is 0 Å². The second-order valence-electron chi connectivity index (χ2n) is 4.64. The molecule has 0 bridgehead atoms. The number of thioether (sulfide) groups is 1. The van der Waals surface area contributed by atoms with E-state index >= 15 is 0 Å². The number of aromatic nitrogens is 1. The van der Waals surface area contributed by atoms with E-state index in [9.17, 15) is 9.90 Å². The molecular formula is C13H17ClN2O2S. The minimum absolute atomic E-state index is 0.255. The average Bonchev–Trinajstić information content (AvgIpc) is 2.42. The zero-order valence-electron chi connectivity index (χ0n) is 10.6. The molecule has 0 aliphatic carbocycles. The second kappa shape index (κ2) is 6.59. The first-order chi connectivity index (χ1) is 9.10. The van der Waals surface area contributed by atoms with Crippen molar-refractivity contribution >= 4 is 29.3 Å². The highest BCUT2D eigenvalue weighted by Gasteiger charge is 2.36. The lowest BCUT2D eigenvalue weighted by atomic mass is 9.96. The average molecular weight is 301 g/mol. The van der Waals surface area contributed by atoms with Gasteiger partial charge in [0.15, 0.2) is 0 Å². The van der Waals surface area contributed by atoms with Gasteiger partial charge in [-0.25, -0.2) is 4.98 Å². The summed E-state index contributed by atoms with van der Waals surface area (Å²) in [4.78, 5) is 15.9. The minimum Gasteiger partial charge on any atom is -0.380 e. The summed E-state index contributed by atoms with van der Waals surface area (Å²) >= 11 is 7.48. The van der Waals surface area contributed by atoms with Crippen molar-refractivity contribution in [2.24, 2.45) is 0 Å². The molecule has 0 unspecified atom stereocenters. The third-order valence-electron chi connectivity index (χ3n) is 3.23. The lowest BCUT2D eigenvalue weighted by molar-refractivity contribution is -0.140. The third kappa shape index (κ3) is 4.09. The van der Waals surface area contributed by atoms with Crippen molar-refractivity contribution in [2.75, 3.05) is 18.1 Å². The van der Waals surface area contributed by atoms with Gasteiger partial charge in [0.2, 0.25) is 0 Å². The van der Waals surface area contributed by atoms with Crippen molar-refractivity contribution in [3.63, 3.8) is 0 Å². The van der Waals surface area contributed by atoms with Crippen LogP contribution in [0.4, 0.5) is 0 Å². The number of amides is 1. The minimum atomic E-state index is -1.18. The van der Waals surface area contributed by atoms with Gasteiger partial charge in [-0.1, -0.05) is 17.7 Å². The number of rotatable bonds is 4. The fraction of sp³-hybridized carbons (Fsp3) is 0.538. The Morgan fingerprint density at radius 1 is 1.47 bits per heavy atom. The predicted octanol–water partition coefficient (Wildman–Crippen LogP) is 1.65. The van der Waals surface area contributed by atoms with Crippen LogP contribution in [-0.4, -0.2) is 39.6 Å². The molecule has 19 heavy (non-hydrogen) atoms. The fourth-order valence-corrected chi connectivity index (χ4v) is 3.26. The SMILES string of the molecule is O=C(NCCc1ccc(Cl)nc1)C1(O)CCSCC1. The van der Waals surface area contributed by atoms with E-state index in [-0.39, 0.29) is 5.91 Å². The van der Waals surface area contributed by atoms with Crippen LogP contribution in [0, 0.1) is 0 Å². The monoisotopic (exact) mass is 300 g/mol. The fourth-order valence-electron chi connectivity index (χ4n) is 1.98. The van der Waals surface area contributed by atoms with Crippen LogP contribution in [0.3, 0.4) is 0 Å². The molecule has 1 saturated heterocycles. The van der Waals surface area contributed by atoms with E-state index in [1.54, 1.807) is 24.0 Å². The summed E-state index contributed by atoms with van der Waals surface area (Å²) in [6, 6.07) is 3.61. The van der Waals surface area contributed by atoms with Gasteiger partial charge < -0.3 is 10.4 Å². The summed E-state index contributed by atoms with van der Waals surface area (Å²) in [5, 5.41) is 13.5. The number of halogens is 1. The van der Waals surface area contributed by atoms with Gasteiger partial charge in [-0.3, -0.25) is 4.79 Å². The first-order valence-electron chi connectivity index (χ1n) is 6.29. The Morgan fingerprint density at radius 2 is 2.21 bits per heavy atom. The molecule has 2 N–H and O–H groups in total. The van der Waals surface area contributed by atoms with E-state index in [4.69, 9.17) is 11.6 Å². The summed E-state index contributed by atoms with van der Waals surface area (Å²) in [5.74, 6) is 1.42. The van der Waals surface area contributed by atoms with Gasteiger partial charge in [0.05, 0.1) is 0 Å². The molecule has 104 valence electrons. The highest BCUT2D eigenvalue weighted by atomic mass is 35.5. The Kier molecular flexibility index (Phi) is 5.07. The number of pyridine rings is 1. The standard InChI is InChI=1S/C13H17ClN2O2S/c14-11-2-1-10(9-16-11)3-6-15-12(17)13(18)4-7-19-8-5-13/h1-2,9,18H,3-8H2,(H,15,17). The van der Waals surface area contributed by atoms with Crippen LogP contribution in [0.25, 0.3) is 0 Å². The molecule has 1 aliphatic rings. The Balaban J connectivity index is 1.78. The maximum atomic E-state index is 12.0. The molecule has 2 heterocycles. The quantitative estimate of drug-likeness (QED) is 0.830. The number of carbonyl (C=O) groups is 1. The topological polar surface area (TPSA) is 62.2 Å². The van der Waals surface area contributed by atoms with Crippen molar-refractivity contribution in [3.8, 4) is 0 Å². The van der Waals surface area contributed by atoms with E-state index in [0.29, 0.717) is 31.0 Å². The molecule has 1 aromatic rings. The molecule has 0 saturated carbocycles. The molecule has 4 nitrogen and oxygen atoms in total. The number of hydrogen-bond acceptors (Lipinski definition) is 4. The molecule has 0 radical (unpaired) electrons. The lowest BCUT2D eigenvalue weighted by Crippen LogP contribution is -2.49. The van der Waals surface area contributed by atoms with Gasteiger partial charge in [-0.2, -0.15) is 11.8 Å². The van der Waals surface area contributed by atoms with Crippen molar-refractivity contribution in [3.05, 3.63) is 29.0 Å². The van der Waals surface area contributed by atoms with E-state index in [1.165, 1.54) is 0 Å². The summed E-state index contributed by atoms with van der Waals surface area (Å²) in [5.41, 5.74) is -0.167. The van der Waals surface area contributed by atoms with Crippen LogP contribution >= 0.6 is 23.4 Å². The number of nitrogens with one attached hydrogen (secondary N) is 1. The van der Waals surface area contributed by atoms with E-state index in [2.05, 4.69) is 10.3 Å². The molecule has 0 aromatic carbocycles. The zero-order chi connectivity index (χ0) is 13.7. The maximum Gasteiger partial charge on any atom is 0.252 e. The van der Waals surface area contributed by atoms with Gasteiger partial charge in [0.25, 0.3) is 5.91 Å². The number of hydrogen-bond donors (Lipinski definition) is 2. The Labute approximate surface area is 121 Å². The Bertz CT molecular complexity index is 433. The molecule has 1 amide bonds. The van der Waals surface area contributed by atoms with Crippen LogP contribution in [0.15, 0.2) is 18.3 Å². The molecule has 2 rings (SSSR count). The highest BCUT2D eigenvalue weighted by molar-refractivity contribution is 7.99. The number of carbonyl (C=O) groups excluding carboxylic acids is 1. The van der Waals surface area contributed by atoms with Crippen LogP contribution in [0.2, 0.25) is 5.15 Å². The highest BCUT2D eigenvalue weighted by Crippen LogP contribution is 2.26. The maximum absolute atomic E-state index is 12.0. The van der Waals surface area contributed by atoms with Crippen molar-refractivity contribution in [2.45, 2.75) is 24.9 Å². The van der Waals surface area contributed by atoms with Gasteiger partial charge in [0, 0.05) is 12.7 Å². The molecule has 6 heteroatoms. The van der Waals surface area contributed by atoms with E-state index in [0.717, 1.165) is 17.1 Å². The summed E-state index contributed by atoms with van der Waals surface area (Å²) in [6.07, 6.45) is 3.44. The predicted molar refractivity (Wildman–Crippen MR) is 77.5 cm³/mol. The normalized spacial score (nSPS) is 18.0. The summed E-state index contributed by atoms with van der Waals surface area (Å²) in [7, 11) is 0. The summed E-state index contributed by atoms with van der Waals surface area (Å²) < 4.78 is 0. The van der Waals surface area contributed by atoms with Crippen LogP contribution in [-0.2, 0) is 11.2 Å². The van der Waals surface area contributed by atoms with Gasteiger partial charge in [0.1, 0.15) is 10.8 Å². The number of nitrogens with zero attached hydrogens (tertiary/aromatic N) is 1. The van der Waals surface area contributed by atoms with Crippen LogP contribution < -0.4 is 5.32 Å². The van der Waals surface area contributed by atoms with Crippen LogP contribution in [0.5, 0.6) is 0 Å². The van der Waals surface area contributed by atoms with E-state index in [1.807, 2.05) is 6.07 Å². The zero-order valence-corrected chi connectivity index (χ0v) is 12.1. The van der Waals surface area contributed by atoms with Crippen molar-refractivity contribution in [1.29, 1.82) is 0 Å². The molecule has 1 fully saturated rings. The second-order valence-corrected chi connectivity index (χ2v) is 6.25. The number of aliphatic hydroxyl groups is 1. The lowest BCUT2D eigenvalue weighted by Gasteiger charge is -2.30.